The molecule has 0 aliphatic heterocycles. The Balaban J connectivity index is 2.42. The lowest BCUT2D eigenvalue weighted by molar-refractivity contribution is -0.384. The molecule has 0 radical (unpaired) electrons. The zero-order valence-electron chi connectivity index (χ0n) is 13.0. The molecule has 7 heteroatoms. The number of nitrogens with one attached hydrogen (secondary N) is 1. The molecule has 0 bridgehead atoms. The SMILES string of the molecule is Cn1cc(C(Nc2ccc(F)cc2[N+](=O)[O-])C(C)(C)C)cn1. The van der Waals surface area contributed by atoms with E-state index in [1.54, 1.807) is 10.9 Å². The van der Waals surface area contributed by atoms with Crippen LogP contribution in [0.25, 0.3) is 0 Å². The van der Waals surface area contributed by atoms with Crippen LogP contribution >= 0.6 is 0 Å². The van der Waals surface area contributed by atoms with Gasteiger partial charge in [-0.3, -0.25) is 14.8 Å². The lowest BCUT2D eigenvalue weighted by Gasteiger charge is -2.31. The van der Waals surface area contributed by atoms with E-state index in [9.17, 15) is 14.5 Å². The minimum Gasteiger partial charge on any atom is -0.372 e. The summed E-state index contributed by atoms with van der Waals surface area (Å²) in [5, 5.41) is 18.4. The molecule has 6 nitrogen and oxygen atoms in total. The normalized spacial score (nSPS) is 13.0. The van der Waals surface area contributed by atoms with Gasteiger partial charge in [-0.05, 0) is 17.5 Å². The fraction of sp³-hybridized carbons (Fsp3) is 0.400. The van der Waals surface area contributed by atoms with Crippen molar-refractivity contribution in [2.75, 3.05) is 5.32 Å². The number of rotatable bonds is 4. The molecule has 0 aliphatic carbocycles. The van der Waals surface area contributed by atoms with Crippen molar-refractivity contribution < 1.29 is 9.31 Å². The largest absolute Gasteiger partial charge is 0.372 e. The van der Waals surface area contributed by atoms with Gasteiger partial charge in [0.1, 0.15) is 11.5 Å². The maximum Gasteiger partial charge on any atom is 0.295 e. The maximum absolute atomic E-state index is 13.3. The first-order valence-electron chi connectivity index (χ1n) is 6.87. The quantitative estimate of drug-likeness (QED) is 0.691. The summed E-state index contributed by atoms with van der Waals surface area (Å²) in [7, 11) is 1.81. The van der Waals surface area contributed by atoms with Gasteiger partial charge in [0.15, 0.2) is 0 Å². The van der Waals surface area contributed by atoms with Crippen LogP contribution in [0.2, 0.25) is 0 Å². The van der Waals surface area contributed by atoms with Crippen LogP contribution in [0.3, 0.4) is 0 Å². The molecule has 1 heterocycles. The molecular formula is C15H19FN4O2. The first kappa shape index (κ1) is 15.9. The van der Waals surface area contributed by atoms with E-state index in [1.165, 1.54) is 12.1 Å². The van der Waals surface area contributed by atoms with E-state index in [-0.39, 0.29) is 22.8 Å². The summed E-state index contributed by atoms with van der Waals surface area (Å²) in [4.78, 5) is 10.5. The Bertz CT molecular complexity index is 691. The van der Waals surface area contributed by atoms with Crippen molar-refractivity contribution in [1.82, 2.24) is 9.78 Å². The Morgan fingerprint density at radius 3 is 2.59 bits per heavy atom. The fourth-order valence-electron chi connectivity index (χ4n) is 2.32. The van der Waals surface area contributed by atoms with Crippen LogP contribution in [-0.2, 0) is 7.05 Å². The van der Waals surface area contributed by atoms with Gasteiger partial charge in [0.25, 0.3) is 5.69 Å². The van der Waals surface area contributed by atoms with Crippen LogP contribution in [-0.4, -0.2) is 14.7 Å². The summed E-state index contributed by atoms with van der Waals surface area (Å²) in [5.41, 5.74) is 0.701. The molecule has 2 aromatic rings. The molecular weight excluding hydrogens is 287 g/mol. The number of nitrogens with zero attached hydrogens (tertiary/aromatic N) is 3. The average Bonchev–Trinajstić information content (AvgIpc) is 2.81. The second kappa shape index (κ2) is 5.75. The Morgan fingerprint density at radius 2 is 2.09 bits per heavy atom. The molecule has 118 valence electrons. The third-order valence-corrected chi connectivity index (χ3v) is 3.38. The highest BCUT2D eigenvalue weighted by atomic mass is 19.1. The number of anilines is 1. The van der Waals surface area contributed by atoms with Crippen LogP contribution in [0.4, 0.5) is 15.8 Å². The molecule has 0 saturated carbocycles. The zero-order valence-corrected chi connectivity index (χ0v) is 13.0. The lowest BCUT2D eigenvalue weighted by atomic mass is 9.83. The maximum atomic E-state index is 13.3. The van der Waals surface area contributed by atoms with Crippen molar-refractivity contribution in [3.8, 4) is 0 Å². The summed E-state index contributed by atoms with van der Waals surface area (Å²) in [5.74, 6) is -0.633. The standard InChI is InChI=1S/C15H19FN4O2/c1-15(2,3)14(10-8-17-19(4)9-10)18-12-6-5-11(16)7-13(12)20(21)22/h5-9,14,18H,1-4H3. The highest BCUT2D eigenvalue weighted by Gasteiger charge is 2.29. The number of aromatic nitrogens is 2. The van der Waals surface area contributed by atoms with Crippen molar-refractivity contribution in [3.05, 3.63) is 52.1 Å². The summed E-state index contributed by atoms with van der Waals surface area (Å²) in [6.07, 6.45) is 3.58. The van der Waals surface area contributed by atoms with Crippen molar-refractivity contribution in [2.45, 2.75) is 26.8 Å². The minimum atomic E-state index is -0.633. The van der Waals surface area contributed by atoms with E-state index < -0.39 is 10.7 Å². The van der Waals surface area contributed by atoms with Gasteiger partial charge >= 0.3 is 0 Å². The first-order valence-corrected chi connectivity index (χ1v) is 6.87. The van der Waals surface area contributed by atoms with E-state index in [0.29, 0.717) is 0 Å². The molecule has 0 spiro atoms. The van der Waals surface area contributed by atoms with Gasteiger partial charge in [-0.2, -0.15) is 5.10 Å². The van der Waals surface area contributed by atoms with Gasteiger partial charge in [0, 0.05) is 18.8 Å². The van der Waals surface area contributed by atoms with E-state index in [4.69, 9.17) is 0 Å². The Labute approximate surface area is 128 Å². The predicted molar refractivity (Wildman–Crippen MR) is 82.1 cm³/mol. The van der Waals surface area contributed by atoms with Crippen molar-refractivity contribution in [1.29, 1.82) is 0 Å². The van der Waals surface area contributed by atoms with Gasteiger partial charge < -0.3 is 5.32 Å². The molecule has 1 unspecified atom stereocenters. The third-order valence-electron chi connectivity index (χ3n) is 3.38. The number of nitro groups is 1. The monoisotopic (exact) mass is 306 g/mol. The summed E-state index contributed by atoms with van der Waals surface area (Å²) >= 11 is 0. The van der Waals surface area contributed by atoms with Crippen LogP contribution in [0.15, 0.2) is 30.6 Å². The minimum absolute atomic E-state index is 0.203. The number of nitro benzene ring substituents is 1. The average molecular weight is 306 g/mol. The van der Waals surface area contributed by atoms with Gasteiger partial charge in [-0.25, -0.2) is 4.39 Å². The van der Waals surface area contributed by atoms with Crippen LogP contribution < -0.4 is 5.32 Å². The molecule has 22 heavy (non-hydrogen) atoms. The molecule has 0 saturated heterocycles. The Hall–Kier alpha value is -2.44. The van der Waals surface area contributed by atoms with E-state index in [1.807, 2.05) is 34.0 Å². The predicted octanol–water partition coefficient (Wildman–Crippen LogP) is 3.67. The molecule has 0 amide bonds. The number of benzene rings is 1. The van der Waals surface area contributed by atoms with Crippen molar-refractivity contribution in [2.24, 2.45) is 12.5 Å². The molecule has 0 fully saturated rings. The number of halogens is 1. The Kier molecular flexibility index (Phi) is 4.16. The smallest absolute Gasteiger partial charge is 0.295 e. The molecule has 2 rings (SSSR count). The van der Waals surface area contributed by atoms with Crippen molar-refractivity contribution in [3.63, 3.8) is 0 Å². The summed E-state index contributed by atoms with van der Waals surface area (Å²) in [6, 6.07) is 3.32. The van der Waals surface area contributed by atoms with Gasteiger partial charge in [-0.15, -0.1) is 0 Å². The summed E-state index contributed by atoms with van der Waals surface area (Å²) < 4.78 is 14.9. The number of hydrogen-bond donors (Lipinski definition) is 1. The molecule has 1 atom stereocenters. The second-order valence-electron chi connectivity index (χ2n) is 6.31. The first-order chi connectivity index (χ1) is 10.2. The highest BCUT2D eigenvalue weighted by Crippen LogP contribution is 2.38. The fourth-order valence-corrected chi connectivity index (χ4v) is 2.32. The molecule has 0 aliphatic rings. The van der Waals surface area contributed by atoms with Crippen LogP contribution in [0, 0.1) is 21.3 Å². The topological polar surface area (TPSA) is 73.0 Å². The van der Waals surface area contributed by atoms with Crippen LogP contribution in [0.1, 0.15) is 32.4 Å². The summed E-state index contributed by atoms with van der Waals surface area (Å²) in [6.45, 7) is 6.06. The highest BCUT2D eigenvalue weighted by molar-refractivity contribution is 5.62. The Morgan fingerprint density at radius 1 is 1.41 bits per heavy atom. The number of hydrogen-bond acceptors (Lipinski definition) is 4. The van der Waals surface area contributed by atoms with Gasteiger partial charge in [0.2, 0.25) is 0 Å². The van der Waals surface area contributed by atoms with E-state index in [2.05, 4.69) is 10.4 Å². The van der Waals surface area contributed by atoms with Crippen LogP contribution in [0.5, 0.6) is 0 Å². The van der Waals surface area contributed by atoms with Gasteiger partial charge in [0.05, 0.1) is 23.2 Å². The molecule has 1 aromatic carbocycles. The van der Waals surface area contributed by atoms with E-state index in [0.717, 1.165) is 11.6 Å². The lowest BCUT2D eigenvalue weighted by Crippen LogP contribution is -2.25. The van der Waals surface area contributed by atoms with Gasteiger partial charge in [-0.1, -0.05) is 20.8 Å². The number of aryl methyl sites for hydroxylation is 1. The molecule has 1 aromatic heterocycles. The second-order valence-corrected chi connectivity index (χ2v) is 6.31. The van der Waals surface area contributed by atoms with E-state index >= 15 is 0 Å². The third kappa shape index (κ3) is 3.41. The van der Waals surface area contributed by atoms with Crippen molar-refractivity contribution >= 4 is 11.4 Å². The zero-order chi connectivity index (χ0) is 16.5. The molecule has 1 N–H and O–H groups in total.